The summed E-state index contributed by atoms with van der Waals surface area (Å²) in [4.78, 5) is 21.7. The molecule has 4 aromatic heterocycles. The van der Waals surface area contributed by atoms with Crippen LogP contribution in [-0.2, 0) is 13.2 Å². The maximum absolute atomic E-state index is 12.8. The number of fused-ring (bicyclic) bond motifs is 1. The first-order chi connectivity index (χ1) is 15.4. The van der Waals surface area contributed by atoms with Gasteiger partial charge in [-0.05, 0) is 24.3 Å². The number of nitrogens with zero attached hydrogens (tertiary/aromatic N) is 8. The average molecular weight is 440 g/mol. The van der Waals surface area contributed by atoms with Gasteiger partial charge in [-0.3, -0.25) is 4.68 Å². The number of anilines is 2. The van der Waals surface area contributed by atoms with E-state index in [9.17, 15) is 13.2 Å². The number of halogens is 3. The average Bonchev–Trinajstić information content (AvgIpc) is 3.24. The second-order valence-electron chi connectivity index (χ2n) is 7.54. The Labute approximate surface area is 181 Å². The van der Waals surface area contributed by atoms with Gasteiger partial charge in [0.2, 0.25) is 0 Å². The van der Waals surface area contributed by atoms with Crippen molar-refractivity contribution in [2.75, 3.05) is 36.0 Å². The van der Waals surface area contributed by atoms with Crippen LogP contribution < -0.4 is 9.80 Å². The normalized spacial score (nSPS) is 14.9. The Morgan fingerprint density at radius 3 is 2.31 bits per heavy atom. The van der Waals surface area contributed by atoms with Crippen LogP contribution in [0.4, 0.5) is 24.8 Å². The molecular weight excluding hydrogens is 421 g/mol. The number of alkyl halides is 3. The van der Waals surface area contributed by atoms with Crippen molar-refractivity contribution in [3.63, 3.8) is 0 Å². The molecule has 11 heteroatoms. The van der Waals surface area contributed by atoms with Gasteiger partial charge in [-0.15, -0.1) is 0 Å². The molecule has 5 heterocycles. The molecule has 1 aliphatic heterocycles. The standard InChI is InChI=1S/C21H19F3N8/c1-30-12-14(10-28-30)16-3-4-17-19(29-16)20(27-13-26-17)32-8-6-31(7-9-32)18-5-2-15(11-25-18)21(22,23)24/h2-5,10-13H,6-9H2,1H3. The quantitative estimate of drug-likeness (QED) is 0.484. The maximum atomic E-state index is 12.8. The van der Waals surface area contributed by atoms with E-state index >= 15 is 0 Å². The van der Waals surface area contributed by atoms with Gasteiger partial charge in [0.15, 0.2) is 5.82 Å². The molecule has 1 aliphatic rings. The number of piperazine rings is 1. The first-order valence-corrected chi connectivity index (χ1v) is 10.0. The first kappa shape index (κ1) is 20.2. The van der Waals surface area contributed by atoms with Crippen LogP contribution in [0.3, 0.4) is 0 Å². The Morgan fingerprint density at radius 1 is 0.875 bits per heavy atom. The predicted molar refractivity (Wildman–Crippen MR) is 113 cm³/mol. The van der Waals surface area contributed by atoms with Crippen LogP contribution in [0.15, 0.2) is 49.2 Å². The summed E-state index contributed by atoms with van der Waals surface area (Å²) in [5, 5.41) is 4.20. The largest absolute Gasteiger partial charge is 0.417 e. The van der Waals surface area contributed by atoms with Crippen LogP contribution >= 0.6 is 0 Å². The van der Waals surface area contributed by atoms with Crippen molar-refractivity contribution in [1.29, 1.82) is 0 Å². The smallest absolute Gasteiger partial charge is 0.353 e. The van der Waals surface area contributed by atoms with Crippen LogP contribution in [0.2, 0.25) is 0 Å². The van der Waals surface area contributed by atoms with Crippen molar-refractivity contribution >= 4 is 22.7 Å². The molecule has 0 radical (unpaired) electrons. The lowest BCUT2D eigenvalue weighted by Crippen LogP contribution is -2.47. The molecule has 1 fully saturated rings. The third-order valence-corrected chi connectivity index (χ3v) is 5.44. The second kappa shape index (κ2) is 7.74. The number of aromatic nitrogens is 6. The first-order valence-electron chi connectivity index (χ1n) is 10.0. The summed E-state index contributed by atoms with van der Waals surface area (Å²) in [6.45, 7) is 2.47. The molecule has 1 saturated heterocycles. The third kappa shape index (κ3) is 3.81. The van der Waals surface area contributed by atoms with Crippen molar-refractivity contribution in [3.8, 4) is 11.3 Å². The lowest BCUT2D eigenvalue weighted by molar-refractivity contribution is -0.137. The molecule has 0 N–H and O–H groups in total. The van der Waals surface area contributed by atoms with Gasteiger partial charge in [0.25, 0.3) is 0 Å². The fraction of sp³-hybridized carbons (Fsp3) is 0.286. The second-order valence-corrected chi connectivity index (χ2v) is 7.54. The molecule has 0 unspecified atom stereocenters. The van der Waals surface area contributed by atoms with E-state index in [2.05, 4.69) is 25.0 Å². The summed E-state index contributed by atoms with van der Waals surface area (Å²) < 4.78 is 40.1. The Bertz CT molecular complexity index is 1240. The highest BCUT2D eigenvalue weighted by Gasteiger charge is 2.31. The summed E-state index contributed by atoms with van der Waals surface area (Å²) in [5.41, 5.74) is 2.39. The molecule has 0 saturated carbocycles. The molecule has 164 valence electrons. The number of rotatable bonds is 3. The molecular formula is C21H19F3N8. The van der Waals surface area contributed by atoms with Crippen LogP contribution in [0.1, 0.15) is 5.56 Å². The number of hydrogen-bond donors (Lipinski definition) is 0. The van der Waals surface area contributed by atoms with Crippen molar-refractivity contribution < 1.29 is 13.2 Å². The zero-order valence-corrected chi connectivity index (χ0v) is 17.2. The zero-order valence-electron chi connectivity index (χ0n) is 17.2. The van der Waals surface area contributed by atoms with Crippen molar-refractivity contribution in [2.24, 2.45) is 7.05 Å². The van der Waals surface area contributed by atoms with E-state index < -0.39 is 11.7 Å². The highest BCUT2D eigenvalue weighted by Crippen LogP contribution is 2.30. The van der Waals surface area contributed by atoms with Crippen molar-refractivity contribution in [3.05, 3.63) is 54.7 Å². The molecule has 0 atom stereocenters. The Balaban J connectivity index is 1.36. The number of pyridine rings is 2. The molecule has 0 bridgehead atoms. The van der Waals surface area contributed by atoms with E-state index in [-0.39, 0.29) is 0 Å². The summed E-state index contributed by atoms with van der Waals surface area (Å²) in [7, 11) is 1.85. The van der Waals surface area contributed by atoms with Gasteiger partial charge in [-0.25, -0.2) is 19.9 Å². The van der Waals surface area contributed by atoms with Gasteiger partial charge in [-0.2, -0.15) is 18.3 Å². The van der Waals surface area contributed by atoms with Gasteiger partial charge in [0.1, 0.15) is 17.7 Å². The van der Waals surface area contributed by atoms with E-state index in [4.69, 9.17) is 4.98 Å². The molecule has 4 aromatic rings. The summed E-state index contributed by atoms with van der Waals surface area (Å²) in [6.07, 6.45) is 1.66. The Hall–Kier alpha value is -3.76. The van der Waals surface area contributed by atoms with Crippen LogP contribution in [0.5, 0.6) is 0 Å². The minimum Gasteiger partial charge on any atom is -0.353 e. The van der Waals surface area contributed by atoms with Gasteiger partial charge < -0.3 is 9.80 Å². The van der Waals surface area contributed by atoms with E-state index in [1.807, 2.05) is 30.3 Å². The minimum absolute atomic E-state index is 0.530. The summed E-state index contributed by atoms with van der Waals surface area (Å²) in [5.74, 6) is 1.27. The zero-order chi connectivity index (χ0) is 22.3. The van der Waals surface area contributed by atoms with E-state index in [0.29, 0.717) is 37.5 Å². The Morgan fingerprint density at radius 2 is 1.66 bits per heavy atom. The fourth-order valence-corrected chi connectivity index (χ4v) is 3.76. The van der Waals surface area contributed by atoms with Crippen LogP contribution in [-0.4, -0.2) is 55.9 Å². The molecule has 0 aliphatic carbocycles. The SMILES string of the molecule is Cn1cc(-c2ccc3ncnc(N4CCN(c5ccc(C(F)(F)F)cn5)CC4)c3n2)cn1. The van der Waals surface area contributed by atoms with Gasteiger partial charge >= 0.3 is 6.18 Å². The van der Waals surface area contributed by atoms with E-state index in [1.165, 1.54) is 12.4 Å². The van der Waals surface area contributed by atoms with E-state index in [1.54, 1.807) is 10.9 Å². The third-order valence-electron chi connectivity index (χ3n) is 5.44. The van der Waals surface area contributed by atoms with Gasteiger partial charge in [0.05, 0.1) is 23.0 Å². The van der Waals surface area contributed by atoms with Crippen LogP contribution in [0.25, 0.3) is 22.3 Å². The topological polar surface area (TPSA) is 75.9 Å². The number of aryl methyl sites for hydroxylation is 1. The Kier molecular flexibility index (Phi) is 4.87. The van der Waals surface area contributed by atoms with E-state index in [0.717, 1.165) is 34.9 Å². The summed E-state index contributed by atoms with van der Waals surface area (Å²) in [6, 6.07) is 6.30. The molecule has 0 amide bonds. The molecule has 32 heavy (non-hydrogen) atoms. The lowest BCUT2D eigenvalue weighted by Gasteiger charge is -2.36. The summed E-state index contributed by atoms with van der Waals surface area (Å²) >= 11 is 0. The molecule has 0 aromatic carbocycles. The van der Waals surface area contributed by atoms with Gasteiger partial charge in [-0.1, -0.05) is 0 Å². The molecule has 0 spiro atoms. The highest BCUT2D eigenvalue weighted by atomic mass is 19.4. The fourth-order valence-electron chi connectivity index (χ4n) is 3.76. The van der Waals surface area contributed by atoms with Crippen LogP contribution in [0, 0.1) is 0 Å². The maximum Gasteiger partial charge on any atom is 0.417 e. The number of hydrogen-bond acceptors (Lipinski definition) is 7. The van der Waals surface area contributed by atoms with Crippen molar-refractivity contribution in [2.45, 2.75) is 6.18 Å². The molecule has 8 nitrogen and oxygen atoms in total. The van der Waals surface area contributed by atoms with Gasteiger partial charge in [0, 0.05) is 51.2 Å². The highest BCUT2D eigenvalue weighted by molar-refractivity contribution is 5.87. The monoisotopic (exact) mass is 440 g/mol. The van der Waals surface area contributed by atoms with Crippen molar-refractivity contribution in [1.82, 2.24) is 29.7 Å². The minimum atomic E-state index is -4.39. The lowest BCUT2D eigenvalue weighted by atomic mass is 10.2. The predicted octanol–water partition coefficient (Wildman–Crippen LogP) is 3.17. The molecule has 5 rings (SSSR count).